The predicted octanol–water partition coefficient (Wildman–Crippen LogP) is 1.80. The molecule has 0 atom stereocenters. The van der Waals surface area contributed by atoms with Gasteiger partial charge in [0.15, 0.2) is 0 Å². The van der Waals surface area contributed by atoms with Gasteiger partial charge >= 0.3 is 5.97 Å². The third-order valence-corrected chi connectivity index (χ3v) is 1.91. The summed E-state index contributed by atoms with van der Waals surface area (Å²) >= 11 is 0. The number of hydrogen-bond acceptors (Lipinski definition) is 2. The monoisotopic (exact) mass is 246 g/mol. The highest BCUT2D eigenvalue weighted by atomic mass is 16.4. The predicted molar refractivity (Wildman–Crippen MR) is 70.4 cm³/mol. The standard InChI is InChI=1S/C15H18O3/c16-14-12-10-8-6-4-2-1-3-5-7-9-11-13-15(17)18/h16H,1,6-7,9,11-14H2,(H,17,18). The largest absolute Gasteiger partial charge is 0.481 e. The molecular weight excluding hydrogens is 228 g/mol. The van der Waals surface area contributed by atoms with Crippen molar-refractivity contribution in [1.82, 2.24) is 0 Å². The zero-order valence-electron chi connectivity index (χ0n) is 10.5. The third kappa shape index (κ3) is 14.1. The van der Waals surface area contributed by atoms with E-state index in [4.69, 9.17) is 10.2 Å². The first kappa shape index (κ1) is 16.1. The number of rotatable bonds is 5. The van der Waals surface area contributed by atoms with Gasteiger partial charge in [0.1, 0.15) is 0 Å². The number of hydrogen-bond donors (Lipinski definition) is 2. The van der Waals surface area contributed by atoms with Crippen LogP contribution in [0, 0.1) is 35.5 Å². The normalized spacial score (nSPS) is 8.06. The molecule has 0 fully saturated rings. The summed E-state index contributed by atoms with van der Waals surface area (Å²) in [5, 5.41) is 16.9. The van der Waals surface area contributed by atoms with Gasteiger partial charge in [-0.05, 0) is 12.8 Å². The highest BCUT2D eigenvalue weighted by Crippen LogP contribution is 1.98. The molecule has 0 saturated heterocycles. The topological polar surface area (TPSA) is 57.5 Å². The molecule has 3 heteroatoms. The lowest BCUT2D eigenvalue weighted by Gasteiger charge is -1.90. The van der Waals surface area contributed by atoms with Crippen LogP contribution in [0.2, 0.25) is 0 Å². The highest BCUT2D eigenvalue weighted by Gasteiger charge is 1.93. The van der Waals surface area contributed by atoms with Crippen LogP contribution in [0.4, 0.5) is 0 Å². The maximum atomic E-state index is 10.2. The molecule has 0 bridgehead atoms. The summed E-state index contributed by atoms with van der Waals surface area (Å²) in [5.41, 5.74) is 0. The number of aliphatic carboxylic acids is 1. The Morgan fingerprint density at radius 3 is 1.94 bits per heavy atom. The maximum Gasteiger partial charge on any atom is 0.303 e. The quantitative estimate of drug-likeness (QED) is 0.574. The van der Waals surface area contributed by atoms with Crippen molar-refractivity contribution < 1.29 is 15.0 Å². The molecule has 0 spiro atoms. The molecule has 0 saturated carbocycles. The zero-order valence-corrected chi connectivity index (χ0v) is 10.5. The van der Waals surface area contributed by atoms with E-state index in [2.05, 4.69) is 35.5 Å². The van der Waals surface area contributed by atoms with Crippen molar-refractivity contribution in [3.05, 3.63) is 0 Å². The van der Waals surface area contributed by atoms with E-state index in [-0.39, 0.29) is 13.0 Å². The van der Waals surface area contributed by atoms with Gasteiger partial charge in [-0.25, -0.2) is 0 Å². The molecule has 2 N–H and O–H groups in total. The van der Waals surface area contributed by atoms with E-state index in [1.807, 2.05) is 0 Å². The average Bonchev–Trinajstić information content (AvgIpc) is 2.34. The summed E-state index contributed by atoms with van der Waals surface area (Å²) in [6, 6.07) is 0. The smallest absolute Gasteiger partial charge is 0.303 e. The van der Waals surface area contributed by atoms with Crippen molar-refractivity contribution in [2.45, 2.75) is 44.9 Å². The maximum absolute atomic E-state index is 10.2. The van der Waals surface area contributed by atoms with Gasteiger partial charge in [-0.2, -0.15) is 0 Å². The molecule has 0 aliphatic rings. The van der Waals surface area contributed by atoms with E-state index in [0.717, 1.165) is 12.8 Å². The minimum absolute atomic E-state index is 0.0911. The van der Waals surface area contributed by atoms with Crippen LogP contribution in [0.25, 0.3) is 0 Å². The van der Waals surface area contributed by atoms with E-state index in [1.54, 1.807) is 0 Å². The molecule has 0 unspecified atom stereocenters. The second kappa shape index (κ2) is 13.2. The summed E-state index contributed by atoms with van der Waals surface area (Å²) in [6.07, 6.45) is 3.98. The minimum Gasteiger partial charge on any atom is -0.481 e. The van der Waals surface area contributed by atoms with Crippen LogP contribution < -0.4 is 0 Å². The minimum atomic E-state index is -0.754. The fourth-order valence-corrected chi connectivity index (χ4v) is 1.06. The van der Waals surface area contributed by atoms with Gasteiger partial charge in [0.25, 0.3) is 0 Å². The fraction of sp³-hybridized carbons (Fsp3) is 0.533. The van der Waals surface area contributed by atoms with E-state index >= 15 is 0 Å². The first-order valence-electron chi connectivity index (χ1n) is 5.97. The molecule has 18 heavy (non-hydrogen) atoms. The lowest BCUT2D eigenvalue weighted by atomic mass is 10.2. The van der Waals surface area contributed by atoms with Crippen LogP contribution in [0.1, 0.15) is 44.9 Å². The lowest BCUT2D eigenvalue weighted by molar-refractivity contribution is -0.137. The molecule has 0 heterocycles. The summed E-state index contributed by atoms with van der Waals surface area (Å²) in [5.74, 6) is 16.5. The number of aliphatic hydroxyl groups is 1. The van der Waals surface area contributed by atoms with Gasteiger partial charge in [0.05, 0.1) is 19.4 Å². The number of aliphatic hydroxyl groups excluding tert-OH is 1. The fourth-order valence-electron chi connectivity index (χ4n) is 1.06. The third-order valence-electron chi connectivity index (χ3n) is 1.91. The van der Waals surface area contributed by atoms with Gasteiger partial charge in [0, 0.05) is 19.3 Å². The summed E-state index contributed by atoms with van der Waals surface area (Å²) in [6.45, 7) is 0.0911. The van der Waals surface area contributed by atoms with E-state index in [0.29, 0.717) is 25.7 Å². The molecule has 3 nitrogen and oxygen atoms in total. The zero-order chi connectivity index (χ0) is 13.5. The van der Waals surface area contributed by atoms with Crippen molar-refractivity contribution in [3.8, 4) is 35.5 Å². The van der Waals surface area contributed by atoms with Gasteiger partial charge < -0.3 is 10.2 Å². The van der Waals surface area contributed by atoms with Crippen molar-refractivity contribution >= 4 is 5.97 Å². The Morgan fingerprint density at radius 2 is 1.39 bits per heavy atom. The molecule has 0 aliphatic carbocycles. The van der Waals surface area contributed by atoms with Crippen LogP contribution in [-0.2, 0) is 4.79 Å². The van der Waals surface area contributed by atoms with Crippen molar-refractivity contribution in [3.63, 3.8) is 0 Å². The molecule has 0 aromatic heterocycles. The summed E-state index contributed by atoms with van der Waals surface area (Å²) in [4.78, 5) is 10.2. The highest BCUT2D eigenvalue weighted by molar-refractivity contribution is 5.66. The van der Waals surface area contributed by atoms with E-state index < -0.39 is 5.97 Å². The van der Waals surface area contributed by atoms with Crippen molar-refractivity contribution in [2.24, 2.45) is 0 Å². The van der Waals surface area contributed by atoms with Crippen LogP contribution in [0.15, 0.2) is 0 Å². The number of carboxylic acids is 1. The SMILES string of the molecule is O=C(O)CCCCC#CCC#CCC#CCCO. The second-order valence-corrected chi connectivity index (χ2v) is 3.49. The second-order valence-electron chi connectivity index (χ2n) is 3.49. The molecule has 96 valence electrons. The molecular formula is C15H18O3. The molecule has 0 aliphatic heterocycles. The summed E-state index contributed by atoms with van der Waals surface area (Å²) < 4.78 is 0. The van der Waals surface area contributed by atoms with Gasteiger partial charge in [0.2, 0.25) is 0 Å². The molecule has 0 aromatic rings. The Kier molecular flexibility index (Phi) is 11.8. The Hall–Kier alpha value is -1.89. The summed E-state index contributed by atoms with van der Waals surface area (Å²) in [7, 11) is 0. The Morgan fingerprint density at radius 1 is 0.833 bits per heavy atom. The first-order valence-corrected chi connectivity index (χ1v) is 5.97. The Bertz CT molecular complexity index is 404. The van der Waals surface area contributed by atoms with Gasteiger partial charge in [-0.15, -0.1) is 5.92 Å². The van der Waals surface area contributed by atoms with Gasteiger partial charge in [-0.3, -0.25) is 4.79 Å². The van der Waals surface area contributed by atoms with Crippen LogP contribution in [0.5, 0.6) is 0 Å². The molecule has 0 aromatic carbocycles. The first-order chi connectivity index (χ1) is 8.77. The molecule has 0 radical (unpaired) electrons. The Balaban J connectivity index is 3.47. The molecule has 0 rings (SSSR count). The van der Waals surface area contributed by atoms with Crippen molar-refractivity contribution in [1.29, 1.82) is 0 Å². The number of carboxylic acid groups (broad SMARTS) is 1. The van der Waals surface area contributed by atoms with Gasteiger partial charge in [-0.1, -0.05) is 29.6 Å². The average molecular weight is 246 g/mol. The lowest BCUT2D eigenvalue weighted by Crippen LogP contribution is -1.92. The molecule has 0 amide bonds. The van der Waals surface area contributed by atoms with Crippen molar-refractivity contribution in [2.75, 3.05) is 6.61 Å². The Labute approximate surface area is 109 Å². The van der Waals surface area contributed by atoms with E-state index in [1.165, 1.54) is 0 Å². The van der Waals surface area contributed by atoms with Crippen LogP contribution in [0.3, 0.4) is 0 Å². The number of unbranched alkanes of at least 4 members (excludes halogenated alkanes) is 2. The van der Waals surface area contributed by atoms with Crippen LogP contribution >= 0.6 is 0 Å². The van der Waals surface area contributed by atoms with E-state index in [9.17, 15) is 4.79 Å². The number of carbonyl (C=O) groups is 1. The van der Waals surface area contributed by atoms with Crippen LogP contribution in [-0.4, -0.2) is 22.8 Å².